The maximum absolute atomic E-state index is 7.94. The Morgan fingerprint density at radius 1 is 1.43 bits per heavy atom. The van der Waals surface area contributed by atoms with E-state index in [1.165, 1.54) is 6.61 Å². The van der Waals surface area contributed by atoms with Crippen molar-refractivity contribution in [2.45, 2.75) is 19.8 Å². The number of aliphatic hydroxyl groups is 1. The van der Waals surface area contributed by atoms with Gasteiger partial charge in [-0.3, -0.25) is 0 Å². The largest absolute Gasteiger partial charge is 0.566 e. The fourth-order valence-corrected chi connectivity index (χ4v) is 0.129. The van der Waals surface area contributed by atoms with Crippen molar-refractivity contribution in [3.63, 3.8) is 0 Å². The summed E-state index contributed by atoms with van der Waals surface area (Å²) in [4.78, 5) is 0. The summed E-state index contributed by atoms with van der Waals surface area (Å²) in [6.45, 7) is 3.20. The van der Waals surface area contributed by atoms with Crippen LogP contribution < -0.4 is 0 Å². The molecule has 1 nitrogen and oxygen atoms in total. The van der Waals surface area contributed by atoms with Crippen LogP contribution >= 0.6 is 0 Å². The summed E-state index contributed by atoms with van der Waals surface area (Å²) >= 11 is 0. The van der Waals surface area contributed by atoms with Gasteiger partial charge in [0.25, 0.3) is 0 Å². The van der Waals surface area contributed by atoms with Crippen LogP contribution in [-0.4, -0.2) is 5.11 Å². The van der Waals surface area contributed by atoms with Gasteiger partial charge in [-0.25, -0.2) is 6.61 Å². The molecule has 0 saturated carbocycles. The van der Waals surface area contributed by atoms with E-state index >= 15 is 0 Å². The van der Waals surface area contributed by atoms with Crippen LogP contribution in [0.25, 0.3) is 0 Å². The van der Waals surface area contributed by atoms with Crippen molar-refractivity contribution >= 4 is 0 Å². The maximum Gasteiger partial charge on any atom is 0 e. The van der Waals surface area contributed by atoms with E-state index in [2.05, 4.69) is 0 Å². The number of aliphatic hydroxyl groups excluding tert-OH is 1. The van der Waals surface area contributed by atoms with E-state index in [1.807, 2.05) is 6.92 Å². The van der Waals surface area contributed by atoms with Crippen LogP contribution in [0.2, 0.25) is 0 Å². The number of hydrogen-bond acceptors (Lipinski definition) is 1. The van der Waals surface area contributed by atoms with Gasteiger partial charge in [-0.1, -0.05) is 13.3 Å². The van der Waals surface area contributed by atoms with Crippen molar-refractivity contribution in [1.82, 2.24) is 0 Å². The minimum Gasteiger partial charge on any atom is -0.566 e. The zero-order chi connectivity index (χ0) is 4.12. The predicted octanol–water partition coefficient (Wildman–Crippen LogP) is 1.32. The standard InChI is InChI=1S/C4H9O.2Ta/c1-2-3-4-5;;/h4-5H,2-3H2,1H3;;/q-1;;. The van der Waals surface area contributed by atoms with Crippen LogP contribution in [-0.2, 0) is 44.8 Å². The fraction of sp³-hybridized carbons (Fsp3) is 0.750. The normalized spacial score (nSPS) is 6.00. The van der Waals surface area contributed by atoms with Crippen molar-refractivity contribution in [3.8, 4) is 0 Å². The Hall–Kier alpha value is 1.44. The van der Waals surface area contributed by atoms with Crippen molar-refractivity contribution in [2.24, 2.45) is 0 Å². The Morgan fingerprint density at radius 2 is 1.86 bits per heavy atom. The second-order valence-electron chi connectivity index (χ2n) is 0.971. The first-order valence-corrected chi connectivity index (χ1v) is 1.87. The van der Waals surface area contributed by atoms with Gasteiger partial charge in [0, 0.05) is 44.8 Å². The van der Waals surface area contributed by atoms with Crippen LogP contribution in [0.4, 0.5) is 0 Å². The molecule has 0 aliphatic carbocycles. The first-order chi connectivity index (χ1) is 2.41. The van der Waals surface area contributed by atoms with Crippen molar-refractivity contribution in [1.29, 1.82) is 0 Å². The van der Waals surface area contributed by atoms with Gasteiger partial charge >= 0.3 is 0 Å². The maximum atomic E-state index is 7.94. The Labute approximate surface area is 75.9 Å². The van der Waals surface area contributed by atoms with E-state index in [-0.39, 0.29) is 44.8 Å². The summed E-state index contributed by atoms with van der Waals surface area (Å²) in [7, 11) is 0. The molecule has 0 rings (SSSR count). The van der Waals surface area contributed by atoms with Crippen LogP contribution in [0.1, 0.15) is 19.8 Å². The molecular formula is C4H9OTa2-. The topological polar surface area (TPSA) is 20.2 Å². The molecule has 0 fully saturated rings. The van der Waals surface area contributed by atoms with Crippen LogP contribution in [0, 0.1) is 6.61 Å². The molecule has 0 atom stereocenters. The van der Waals surface area contributed by atoms with E-state index in [9.17, 15) is 0 Å². The average molecular weight is 435 g/mol. The molecule has 3 heteroatoms. The molecule has 42 valence electrons. The molecule has 0 bridgehead atoms. The van der Waals surface area contributed by atoms with Crippen LogP contribution in [0.3, 0.4) is 0 Å². The molecule has 0 aromatic carbocycles. The SMILES string of the molecule is CCC[CH-]O.[Ta].[Ta]. The van der Waals surface area contributed by atoms with Gasteiger partial charge in [0.1, 0.15) is 0 Å². The molecular weight excluding hydrogens is 426 g/mol. The van der Waals surface area contributed by atoms with Crippen molar-refractivity contribution in [3.05, 3.63) is 6.61 Å². The van der Waals surface area contributed by atoms with E-state index in [0.29, 0.717) is 0 Å². The first-order valence-electron chi connectivity index (χ1n) is 1.87. The zero-order valence-corrected chi connectivity index (χ0v) is 10.8. The molecule has 7 heavy (non-hydrogen) atoms. The van der Waals surface area contributed by atoms with Crippen molar-refractivity contribution in [2.75, 3.05) is 0 Å². The molecule has 0 aliphatic heterocycles. The van der Waals surface area contributed by atoms with Gasteiger partial charge in [-0.05, 0) is 0 Å². The number of unbranched alkanes of at least 4 members (excludes halogenated alkanes) is 1. The second kappa shape index (κ2) is 15.7. The predicted molar refractivity (Wildman–Crippen MR) is 21.1 cm³/mol. The monoisotopic (exact) mass is 435 g/mol. The van der Waals surface area contributed by atoms with E-state index in [1.54, 1.807) is 0 Å². The molecule has 0 saturated heterocycles. The Kier molecular flexibility index (Phi) is 35.3. The third kappa shape index (κ3) is 18.6. The van der Waals surface area contributed by atoms with Gasteiger partial charge < -0.3 is 5.11 Å². The number of rotatable bonds is 2. The minimum absolute atomic E-state index is 0. The Balaban J connectivity index is -0.0000000800. The fourth-order valence-electron chi connectivity index (χ4n) is 0.129. The zero-order valence-electron chi connectivity index (χ0n) is 4.33. The first kappa shape index (κ1) is 15.8. The quantitative estimate of drug-likeness (QED) is 0.650. The molecule has 0 aromatic rings. The van der Waals surface area contributed by atoms with Gasteiger partial charge in [-0.2, -0.15) is 6.42 Å². The summed E-state index contributed by atoms with van der Waals surface area (Å²) in [6.07, 6.45) is 1.86. The molecule has 0 heterocycles. The Bertz CT molecular complexity index is 17.2. The van der Waals surface area contributed by atoms with Crippen LogP contribution in [0.15, 0.2) is 0 Å². The van der Waals surface area contributed by atoms with E-state index in [4.69, 9.17) is 5.11 Å². The molecule has 0 spiro atoms. The molecule has 0 unspecified atom stereocenters. The van der Waals surface area contributed by atoms with Gasteiger partial charge in [0.2, 0.25) is 0 Å². The third-order valence-corrected chi connectivity index (χ3v) is 0.418. The molecule has 0 aromatic heterocycles. The third-order valence-electron chi connectivity index (χ3n) is 0.418. The Morgan fingerprint density at radius 3 is 1.86 bits per heavy atom. The van der Waals surface area contributed by atoms with Crippen molar-refractivity contribution < 1.29 is 49.9 Å². The minimum atomic E-state index is 0. The van der Waals surface area contributed by atoms with Gasteiger partial charge in [-0.15, -0.1) is 0 Å². The summed E-state index contributed by atoms with van der Waals surface area (Å²) < 4.78 is 0. The van der Waals surface area contributed by atoms with Gasteiger partial charge in [0.15, 0.2) is 0 Å². The molecule has 2 radical (unpaired) electrons. The molecule has 1 N–H and O–H groups in total. The van der Waals surface area contributed by atoms with Crippen LogP contribution in [0.5, 0.6) is 0 Å². The van der Waals surface area contributed by atoms with E-state index < -0.39 is 0 Å². The summed E-state index contributed by atoms with van der Waals surface area (Å²) in [5.41, 5.74) is 0. The summed E-state index contributed by atoms with van der Waals surface area (Å²) in [5.74, 6) is 0. The summed E-state index contributed by atoms with van der Waals surface area (Å²) in [6, 6.07) is 0. The second-order valence-corrected chi connectivity index (χ2v) is 0.971. The van der Waals surface area contributed by atoms with E-state index in [0.717, 1.165) is 12.8 Å². The summed E-state index contributed by atoms with van der Waals surface area (Å²) in [5, 5.41) is 7.94. The smallest absolute Gasteiger partial charge is 0 e. The molecule has 0 amide bonds. The molecule has 0 aliphatic rings. The van der Waals surface area contributed by atoms with Gasteiger partial charge in [0.05, 0.1) is 0 Å². The average Bonchev–Trinajstić information content (AvgIpc) is 1.41. The number of hydrogen-bond donors (Lipinski definition) is 1.